The predicted molar refractivity (Wildman–Crippen MR) is 81.7 cm³/mol. The second-order valence-corrected chi connectivity index (χ2v) is 4.48. The maximum absolute atomic E-state index is 11.0. The van der Waals surface area contributed by atoms with Gasteiger partial charge in [0.05, 0.1) is 7.11 Å². The zero-order chi connectivity index (χ0) is 16.1. The van der Waals surface area contributed by atoms with E-state index in [0.717, 1.165) is 17.2 Å². The summed E-state index contributed by atoms with van der Waals surface area (Å²) < 4.78 is 5.10. The van der Waals surface area contributed by atoms with Gasteiger partial charge in [-0.3, -0.25) is 0 Å². The lowest BCUT2D eigenvalue weighted by molar-refractivity contribution is -0.140. The molecule has 112 valence electrons. The topological polar surface area (TPSA) is 83.8 Å². The second kappa shape index (κ2) is 6.58. The Morgan fingerprint density at radius 1 is 0.955 bits per heavy atom. The minimum absolute atomic E-state index is 0.521. The van der Waals surface area contributed by atoms with Crippen LogP contribution in [0.25, 0.3) is 17.2 Å². The molecule has 2 rings (SSSR count). The second-order valence-electron chi connectivity index (χ2n) is 4.48. The van der Waals surface area contributed by atoms with Gasteiger partial charge >= 0.3 is 11.9 Å². The predicted octanol–water partition coefficient (Wildman–Crippen LogP) is 2.91. The molecule has 0 saturated heterocycles. The quantitative estimate of drug-likeness (QED) is 0.504. The number of methoxy groups -OCH3 is 1. The molecule has 2 N–H and O–H groups in total. The van der Waals surface area contributed by atoms with E-state index < -0.39 is 17.5 Å². The first kappa shape index (κ1) is 15.3. The van der Waals surface area contributed by atoms with E-state index in [2.05, 4.69) is 0 Å². The van der Waals surface area contributed by atoms with Crippen LogP contribution in [-0.4, -0.2) is 29.3 Å². The summed E-state index contributed by atoms with van der Waals surface area (Å²) in [7, 11) is 1.57. The number of carboxylic acid groups (broad SMARTS) is 2. The highest BCUT2D eigenvalue weighted by Crippen LogP contribution is 2.27. The van der Waals surface area contributed by atoms with Gasteiger partial charge in [0.1, 0.15) is 11.3 Å². The van der Waals surface area contributed by atoms with Crippen molar-refractivity contribution in [1.82, 2.24) is 0 Å². The van der Waals surface area contributed by atoms with E-state index in [1.54, 1.807) is 43.5 Å². The first-order valence-corrected chi connectivity index (χ1v) is 6.44. The minimum Gasteiger partial charge on any atom is -0.497 e. The molecule has 5 nitrogen and oxygen atoms in total. The van der Waals surface area contributed by atoms with Gasteiger partial charge in [-0.2, -0.15) is 0 Å². The van der Waals surface area contributed by atoms with Gasteiger partial charge in [-0.1, -0.05) is 36.4 Å². The van der Waals surface area contributed by atoms with E-state index in [1.165, 1.54) is 0 Å². The molecule has 0 unspecified atom stereocenters. The molecule has 0 fully saturated rings. The van der Waals surface area contributed by atoms with E-state index in [0.29, 0.717) is 11.3 Å². The summed E-state index contributed by atoms with van der Waals surface area (Å²) in [5.41, 5.74) is 1.42. The molecule has 0 heterocycles. The average Bonchev–Trinajstić information content (AvgIpc) is 2.52. The van der Waals surface area contributed by atoms with Crippen molar-refractivity contribution in [1.29, 1.82) is 0 Å². The normalized spacial score (nSPS) is 9.86. The maximum atomic E-state index is 11.0. The maximum Gasteiger partial charge on any atom is 0.343 e. The third kappa shape index (κ3) is 3.32. The van der Waals surface area contributed by atoms with Gasteiger partial charge in [0, 0.05) is 0 Å². The van der Waals surface area contributed by atoms with Gasteiger partial charge in [-0.25, -0.2) is 9.59 Å². The van der Waals surface area contributed by atoms with Gasteiger partial charge in [0.25, 0.3) is 0 Å². The fourth-order valence-electron chi connectivity index (χ4n) is 2.03. The molecule has 0 aliphatic rings. The number of hydrogen-bond donors (Lipinski definition) is 2. The van der Waals surface area contributed by atoms with Crippen molar-refractivity contribution >= 4 is 18.0 Å². The highest BCUT2D eigenvalue weighted by Gasteiger charge is 2.16. The summed E-state index contributed by atoms with van der Waals surface area (Å²) in [6, 6.07) is 14.2. The van der Waals surface area contributed by atoms with Gasteiger partial charge in [-0.15, -0.1) is 0 Å². The monoisotopic (exact) mass is 298 g/mol. The molecule has 5 heteroatoms. The summed E-state index contributed by atoms with van der Waals surface area (Å²) in [4.78, 5) is 22.0. The molecule has 22 heavy (non-hydrogen) atoms. The highest BCUT2D eigenvalue weighted by atomic mass is 16.5. The molecule has 0 radical (unpaired) electrons. The summed E-state index contributed by atoms with van der Waals surface area (Å²) in [5, 5.41) is 17.9. The molecule has 0 spiro atoms. The standard InChI is InChI=1S/C17H14O5/c1-22-13-8-6-11(7-9-13)14-5-3-2-4-12(14)10-15(16(18)19)17(20)21/h2-10H,1H3,(H,18,19)(H,20,21). The number of carboxylic acids is 2. The third-order valence-corrected chi connectivity index (χ3v) is 3.12. The molecular formula is C17H14O5. The average molecular weight is 298 g/mol. The van der Waals surface area contributed by atoms with Crippen LogP contribution in [0.5, 0.6) is 5.75 Å². The van der Waals surface area contributed by atoms with Gasteiger partial charge in [0.2, 0.25) is 0 Å². The number of rotatable bonds is 5. The third-order valence-electron chi connectivity index (χ3n) is 3.12. The molecule has 0 aliphatic heterocycles. The van der Waals surface area contributed by atoms with Crippen molar-refractivity contribution < 1.29 is 24.5 Å². The van der Waals surface area contributed by atoms with Crippen LogP contribution in [0.4, 0.5) is 0 Å². The van der Waals surface area contributed by atoms with Gasteiger partial charge < -0.3 is 14.9 Å². The number of carbonyl (C=O) groups is 2. The molecule has 0 bridgehead atoms. The molecule has 2 aromatic carbocycles. The van der Waals surface area contributed by atoms with Crippen LogP contribution in [0.1, 0.15) is 5.56 Å². The molecule has 0 aliphatic carbocycles. The van der Waals surface area contributed by atoms with Gasteiger partial charge in [0.15, 0.2) is 0 Å². The highest BCUT2D eigenvalue weighted by molar-refractivity contribution is 6.16. The van der Waals surface area contributed by atoms with Crippen molar-refractivity contribution in [3.63, 3.8) is 0 Å². The summed E-state index contributed by atoms with van der Waals surface area (Å²) in [5.74, 6) is -2.25. The van der Waals surface area contributed by atoms with Crippen molar-refractivity contribution in [2.75, 3.05) is 7.11 Å². The molecule has 0 aromatic heterocycles. The van der Waals surface area contributed by atoms with Crippen molar-refractivity contribution in [3.05, 3.63) is 59.7 Å². The Morgan fingerprint density at radius 3 is 2.09 bits per heavy atom. The van der Waals surface area contributed by atoms with E-state index in [1.807, 2.05) is 12.1 Å². The van der Waals surface area contributed by atoms with E-state index >= 15 is 0 Å². The summed E-state index contributed by atoms with van der Waals surface area (Å²) >= 11 is 0. The van der Waals surface area contributed by atoms with Crippen LogP contribution in [0.2, 0.25) is 0 Å². The zero-order valence-electron chi connectivity index (χ0n) is 11.8. The van der Waals surface area contributed by atoms with Crippen LogP contribution in [-0.2, 0) is 9.59 Å². The number of aliphatic carboxylic acids is 2. The van der Waals surface area contributed by atoms with Crippen LogP contribution in [0.3, 0.4) is 0 Å². The SMILES string of the molecule is COc1ccc(-c2ccccc2C=C(C(=O)O)C(=O)O)cc1. The Kier molecular flexibility index (Phi) is 4.58. The first-order valence-electron chi connectivity index (χ1n) is 6.44. The Morgan fingerprint density at radius 2 is 1.55 bits per heavy atom. The van der Waals surface area contributed by atoms with Crippen LogP contribution < -0.4 is 4.74 Å². The van der Waals surface area contributed by atoms with Crippen molar-refractivity contribution in [3.8, 4) is 16.9 Å². The van der Waals surface area contributed by atoms with Crippen LogP contribution >= 0.6 is 0 Å². The first-order chi connectivity index (χ1) is 10.5. The Bertz CT molecular complexity index is 713. The number of benzene rings is 2. The fourth-order valence-corrected chi connectivity index (χ4v) is 2.03. The van der Waals surface area contributed by atoms with E-state index in [-0.39, 0.29) is 0 Å². The number of hydrogen-bond acceptors (Lipinski definition) is 3. The van der Waals surface area contributed by atoms with Crippen LogP contribution in [0.15, 0.2) is 54.1 Å². The minimum atomic E-state index is -1.47. The molecular weight excluding hydrogens is 284 g/mol. The Balaban J connectivity index is 2.52. The van der Waals surface area contributed by atoms with Crippen LogP contribution in [0, 0.1) is 0 Å². The molecule has 0 saturated carbocycles. The van der Waals surface area contributed by atoms with Crippen molar-refractivity contribution in [2.24, 2.45) is 0 Å². The van der Waals surface area contributed by atoms with E-state index in [4.69, 9.17) is 14.9 Å². The summed E-state index contributed by atoms with van der Waals surface area (Å²) in [6.07, 6.45) is 1.16. The molecule has 0 amide bonds. The largest absolute Gasteiger partial charge is 0.497 e. The van der Waals surface area contributed by atoms with E-state index in [9.17, 15) is 9.59 Å². The lowest BCUT2D eigenvalue weighted by Crippen LogP contribution is -2.10. The number of ether oxygens (including phenoxy) is 1. The summed E-state index contributed by atoms with van der Waals surface area (Å²) in [6.45, 7) is 0. The Hall–Kier alpha value is -3.08. The smallest absolute Gasteiger partial charge is 0.343 e. The van der Waals surface area contributed by atoms with Gasteiger partial charge in [-0.05, 0) is 34.9 Å². The molecule has 2 aromatic rings. The fraction of sp³-hybridized carbons (Fsp3) is 0.0588. The lowest BCUT2D eigenvalue weighted by Gasteiger charge is -2.08. The molecule has 0 atom stereocenters. The zero-order valence-corrected chi connectivity index (χ0v) is 11.8. The van der Waals surface area contributed by atoms with Crippen molar-refractivity contribution in [2.45, 2.75) is 0 Å². The lowest BCUT2D eigenvalue weighted by atomic mass is 9.98. The Labute approximate surface area is 127 Å².